The summed E-state index contributed by atoms with van der Waals surface area (Å²) in [6, 6.07) is 12.0. The van der Waals surface area contributed by atoms with E-state index >= 15 is 0 Å². The molecule has 31 heavy (non-hydrogen) atoms. The molecule has 0 atom stereocenters. The van der Waals surface area contributed by atoms with E-state index < -0.39 is 23.2 Å². The van der Waals surface area contributed by atoms with E-state index in [1.807, 2.05) is 24.3 Å². The molecule has 4 aromatic rings. The van der Waals surface area contributed by atoms with E-state index in [4.69, 9.17) is 9.47 Å². The standard InChI is InChI=1S/C22H19FN2O4S2/c1-22(2,21(27)28-3)25-20(26)19-18(13-10-12(23)8-9-15(13)31-19)29-11-17-24-14-6-4-5-7-16(14)30-17/h4-10H,11H2,1-3H3,(H,25,26). The zero-order valence-electron chi connectivity index (χ0n) is 17.0. The van der Waals surface area contributed by atoms with Crippen molar-refractivity contribution < 1.29 is 23.5 Å². The van der Waals surface area contributed by atoms with Gasteiger partial charge in [-0.2, -0.15) is 0 Å². The maximum atomic E-state index is 13.9. The number of hydrogen-bond donors (Lipinski definition) is 1. The molecule has 0 spiro atoms. The van der Waals surface area contributed by atoms with Crippen molar-refractivity contribution in [3.05, 3.63) is 58.2 Å². The summed E-state index contributed by atoms with van der Waals surface area (Å²) >= 11 is 2.66. The second-order valence-electron chi connectivity index (χ2n) is 7.34. The van der Waals surface area contributed by atoms with Crippen LogP contribution in [0.5, 0.6) is 5.75 Å². The molecule has 0 aliphatic carbocycles. The summed E-state index contributed by atoms with van der Waals surface area (Å²) in [5.41, 5.74) is -0.373. The van der Waals surface area contributed by atoms with E-state index in [1.54, 1.807) is 19.9 Å². The number of hydrogen-bond acceptors (Lipinski definition) is 7. The lowest BCUT2D eigenvalue weighted by molar-refractivity contribution is -0.146. The Kier molecular flexibility index (Phi) is 5.63. The van der Waals surface area contributed by atoms with Gasteiger partial charge in [-0.25, -0.2) is 14.2 Å². The van der Waals surface area contributed by atoms with Gasteiger partial charge in [0.15, 0.2) is 5.75 Å². The largest absolute Gasteiger partial charge is 0.484 e. The van der Waals surface area contributed by atoms with Crippen LogP contribution in [0.2, 0.25) is 0 Å². The Bertz CT molecular complexity index is 1260. The summed E-state index contributed by atoms with van der Waals surface area (Å²) in [6.07, 6.45) is 0. The average Bonchev–Trinajstić information content (AvgIpc) is 3.31. The quantitative estimate of drug-likeness (QED) is 0.416. The van der Waals surface area contributed by atoms with E-state index in [-0.39, 0.29) is 17.2 Å². The number of rotatable bonds is 6. The molecule has 0 radical (unpaired) electrons. The number of para-hydroxylation sites is 1. The molecule has 1 amide bonds. The van der Waals surface area contributed by atoms with Crippen molar-refractivity contribution in [3.8, 4) is 5.75 Å². The normalized spacial score (nSPS) is 11.6. The van der Waals surface area contributed by atoms with Crippen LogP contribution < -0.4 is 10.1 Å². The zero-order valence-corrected chi connectivity index (χ0v) is 18.7. The summed E-state index contributed by atoms with van der Waals surface area (Å²) in [5.74, 6) is -1.25. The molecule has 1 N–H and O–H groups in total. The van der Waals surface area contributed by atoms with Gasteiger partial charge in [-0.3, -0.25) is 4.79 Å². The summed E-state index contributed by atoms with van der Waals surface area (Å²) in [7, 11) is 1.25. The lowest BCUT2D eigenvalue weighted by Crippen LogP contribution is -2.50. The van der Waals surface area contributed by atoms with Crippen molar-refractivity contribution in [1.29, 1.82) is 0 Å². The Hall–Kier alpha value is -3.04. The first kappa shape index (κ1) is 21.2. The van der Waals surface area contributed by atoms with Gasteiger partial charge in [0.25, 0.3) is 5.91 Å². The van der Waals surface area contributed by atoms with E-state index in [2.05, 4.69) is 10.3 Å². The molecule has 2 aromatic carbocycles. The first-order valence-electron chi connectivity index (χ1n) is 9.39. The van der Waals surface area contributed by atoms with Gasteiger partial charge in [-0.15, -0.1) is 22.7 Å². The van der Waals surface area contributed by atoms with Gasteiger partial charge in [0.2, 0.25) is 0 Å². The highest BCUT2D eigenvalue weighted by Gasteiger charge is 2.33. The summed E-state index contributed by atoms with van der Waals surface area (Å²) in [5, 5.41) is 3.90. The number of aromatic nitrogens is 1. The predicted molar refractivity (Wildman–Crippen MR) is 119 cm³/mol. The van der Waals surface area contributed by atoms with Crippen LogP contribution in [0.4, 0.5) is 4.39 Å². The Morgan fingerprint density at radius 2 is 1.90 bits per heavy atom. The fourth-order valence-corrected chi connectivity index (χ4v) is 5.01. The van der Waals surface area contributed by atoms with Gasteiger partial charge in [0.05, 0.1) is 17.3 Å². The van der Waals surface area contributed by atoms with Gasteiger partial charge in [0, 0.05) is 10.1 Å². The van der Waals surface area contributed by atoms with E-state index in [1.165, 1.54) is 41.9 Å². The van der Waals surface area contributed by atoms with Crippen molar-refractivity contribution in [1.82, 2.24) is 10.3 Å². The average molecular weight is 459 g/mol. The topological polar surface area (TPSA) is 77.5 Å². The highest BCUT2D eigenvalue weighted by atomic mass is 32.1. The number of carbonyl (C=O) groups excluding carboxylic acids is 2. The SMILES string of the molecule is COC(=O)C(C)(C)NC(=O)c1sc2ccc(F)cc2c1OCc1nc2ccccc2s1. The second kappa shape index (κ2) is 8.24. The summed E-state index contributed by atoms with van der Waals surface area (Å²) in [4.78, 5) is 29.8. The molecule has 0 fully saturated rings. The maximum absolute atomic E-state index is 13.9. The van der Waals surface area contributed by atoms with Crippen LogP contribution in [0.25, 0.3) is 20.3 Å². The first-order chi connectivity index (χ1) is 14.8. The highest BCUT2D eigenvalue weighted by molar-refractivity contribution is 7.21. The number of fused-ring (bicyclic) bond motifs is 2. The Morgan fingerprint density at radius 3 is 2.65 bits per heavy atom. The third-order valence-corrected chi connectivity index (χ3v) is 6.77. The molecule has 0 saturated carbocycles. The van der Waals surface area contributed by atoms with Crippen molar-refractivity contribution >= 4 is 54.9 Å². The number of thiophene rings is 1. The van der Waals surface area contributed by atoms with Gasteiger partial charge in [-0.05, 0) is 44.2 Å². The zero-order chi connectivity index (χ0) is 22.2. The summed E-state index contributed by atoms with van der Waals surface area (Å²) < 4.78 is 26.4. The molecule has 0 bridgehead atoms. The lowest BCUT2D eigenvalue weighted by Gasteiger charge is -2.22. The minimum absolute atomic E-state index is 0.127. The van der Waals surface area contributed by atoms with Crippen LogP contribution in [0, 0.1) is 5.82 Å². The molecular weight excluding hydrogens is 439 g/mol. The smallest absolute Gasteiger partial charge is 0.330 e. The fourth-order valence-electron chi connectivity index (χ4n) is 3.10. The number of nitrogens with one attached hydrogen (secondary N) is 1. The van der Waals surface area contributed by atoms with E-state index in [9.17, 15) is 14.0 Å². The molecule has 0 saturated heterocycles. The Morgan fingerprint density at radius 1 is 1.13 bits per heavy atom. The van der Waals surface area contributed by atoms with Gasteiger partial charge in [-0.1, -0.05) is 12.1 Å². The number of carbonyl (C=O) groups is 2. The number of halogens is 1. The molecule has 2 aromatic heterocycles. The number of nitrogens with zero attached hydrogens (tertiary/aromatic N) is 1. The van der Waals surface area contributed by atoms with Crippen LogP contribution >= 0.6 is 22.7 Å². The molecule has 6 nitrogen and oxygen atoms in total. The lowest BCUT2D eigenvalue weighted by atomic mass is 10.1. The fraction of sp³-hybridized carbons (Fsp3) is 0.227. The third-order valence-electron chi connectivity index (χ3n) is 4.61. The number of amides is 1. The monoisotopic (exact) mass is 458 g/mol. The third kappa shape index (κ3) is 4.24. The van der Waals surface area contributed by atoms with Crippen LogP contribution in [0.15, 0.2) is 42.5 Å². The van der Waals surface area contributed by atoms with Gasteiger partial charge < -0.3 is 14.8 Å². The molecule has 9 heteroatoms. The number of methoxy groups -OCH3 is 1. The van der Waals surface area contributed by atoms with Crippen LogP contribution in [-0.2, 0) is 16.1 Å². The molecule has 0 aliphatic heterocycles. The number of thiazole rings is 1. The molecule has 2 heterocycles. The summed E-state index contributed by atoms with van der Waals surface area (Å²) in [6.45, 7) is 3.22. The van der Waals surface area contributed by atoms with Crippen molar-refractivity contribution in [2.75, 3.05) is 7.11 Å². The second-order valence-corrected chi connectivity index (χ2v) is 9.50. The molecular formula is C22H19FN2O4S2. The maximum Gasteiger partial charge on any atom is 0.330 e. The van der Waals surface area contributed by atoms with Crippen LogP contribution in [0.3, 0.4) is 0 Å². The molecule has 0 aliphatic rings. The highest BCUT2D eigenvalue weighted by Crippen LogP contribution is 2.39. The van der Waals surface area contributed by atoms with E-state index in [0.717, 1.165) is 15.2 Å². The van der Waals surface area contributed by atoms with Crippen molar-refractivity contribution in [3.63, 3.8) is 0 Å². The molecule has 0 unspecified atom stereocenters. The van der Waals surface area contributed by atoms with Gasteiger partial charge >= 0.3 is 5.97 Å². The number of esters is 1. The molecule has 4 rings (SSSR count). The Labute approximate surface area is 185 Å². The predicted octanol–water partition coefficient (Wildman–Crippen LogP) is 4.91. The number of ether oxygens (including phenoxy) is 2. The minimum atomic E-state index is -1.24. The van der Waals surface area contributed by atoms with Crippen molar-refractivity contribution in [2.24, 2.45) is 0 Å². The Balaban J connectivity index is 1.67. The van der Waals surface area contributed by atoms with Crippen LogP contribution in [0.1, 0.15) is 28.5 Å². The molecule has 160 valence electrons. The van der Waals surface area contributed by atoms with Crippen LogP contribution in [-0.4, -0.2) is 29.5 Å². The van der Waals surface area contributed by atoms with E-state index in [0.29, 0.717) is 10.1 Å². The number of benzene rings is 2. The van der Waals surface area contributed by atoms with Gasteiger partial charge in [0.1, 0.15) is 27.8 Å². The van der Waals surface area contributed by atoms with Crippen molar-refractivity contribution in [2.45, 2.75) is 26.0 Å². The first-order valence-corrected chi connectivity index (χ1v) is 11.0. The minimum Gasteiger partial charge on any atom is -0.484 e.